The number of hydrogen-bond donors (Lipinski definition) is 2. The molecule has 13 heteroatoms. The van der Waals surface area contributed by atoms with Gasteiger partial charge in [-0.2, -0.15) is 30.7 Å². The van der Waals surface area contributed by atoms with Gasteiger partial charge >= 0.3 is 24.7 Å². The van der Waals surface area contributed by atoms with Gasteiger partial charge in [0, 0.05) is 18.5 Å². The molecular formula is C27H23F9N2O2. The first-order valence-electron chi connectivity index (χ1n) is 11.7. The Hall–Kier alpha value is -3.90. The fraction of sp³-hybridized carbons (Fsp3) is 0.296. The average molecular weight is 578 g/mol. The minimum Gasteiger partial charge on any atom is -0.428 e. The molecule has 0 radical (unpaired) electrons. The second kappa shape index (κ2) is 11.7. The van der Waals surface area contributed by atoms with E-state index in [0.29, 0.717) is 35.9 Å². The van der Waals surface area contributed by atoms with Crippen molar-refractivity contribution in [3.05, 3.63) is 101 Å². The van der Waals surface area contributed by atoms with Gasteiger partial charge in [0.25, 0.3) is 0 Å². The lowest BCUT2D eigenvalue weighted by Crippen LogP contribution is -2.53. The largest absolute Gasteiger partial charge is 0.461 e. The Morgan fingerprint density at radius 2 is 1.52 bits per heavy atom. The van der Waals surface area contributed by atoms with Crippen LogP contribution in [0.3, 0.4) is 0 Å². The van der Waals surface area contributed by atoms with Crippen LogP contribution >= 0.6 is 0 Å². The van der Waals surface area contributed by atoms with E-state index in [9.17, 15) is 44.3 Å². The van der Waals surface area contributed by atoms with Crippen molar-refractivity contribution >= 4 is 6.03 Å². The van der Waals surface area contributed by atoms with E-state index < -0.39 is 76.8 Å². The van der Waals surface area contributed by atoms with E-state index in [1.165, 1.54) is 12.1 Å². The standard InChI is InChI=1S/C27H23F9N2O2/c1-15(2)37-24(39)38-25(14-16-6-4-3-5-7-16,17-8-9-22(29)21(12-17)26(32,33)34)18-10-19(28)13-20(11-18)40-27(35,36)23(30)31/h3-13,15,23H,14H2,1-2H3,(H2,37,38,39)/t25-/m1/s1. The van der Waals surface area contributed by atoms with Gasteiger partial charge in [0.2, 0.25) is 0 Å². The Morgan fingerprint density at radius 3 is 2.10 bits per heavy atom. The van der Waals surface area contributed by atoms with E-state index in [1.807, 2.05) is 0 Å². The molecule has 2 amide bonds. The Kier molecular flexibility index (Phi) is 8.95. The summed E-state index contributed by atoms with van der Waals surface area (Å²) in [5.41, 5.74) is -4.40. The van der Waals surface area contributed by atoms with Gasteiger partial charge in [0.05, 0.1) is 11.1 Å². The third-order valence-corrected chi connectivity index (χ3v) is 5.70. The zero-order valence-electron chi connectivity index (χ0n) is 20.9. The molecule has 1 atom stereocenters. The van der Waals surface area contributed by atoms with Crippen LogP contribution in [-0.2, 0) is 18.1 Å². The van der Waals surface area contributed by atoms with E-state index in [-0.39, 0.29) is 0 Å². The number of carbonyl (C=O) groups excluding carboxylic acids is 1. The van der Waals surface area contributed by atoms with Crippen LogP contribution in [0.2, 0.25) is 0 Å². The van der Waals surface area contributed by atoms with Crippen molar-refractivity contribution in [2.45, 2.75) is 50.6 Å². The fourth-order valence-corrected chi connectivity index (χ4v) is 4.03. The number of alkyl halides is 7. The molecular weight excluding hydrogens is 555 g/mol. The van der Waals surface area contributed by atoms with Gasteiger partial charge in [-0.15, -0.1) is 0 Å². The highest BCUT2D eigenvalue weighted by atomic mass is 19.4. The number of carbonyl (C=O) groups is 1. The van der Waals surface area contributed by atoms with Gasteiger partial charge in [-0.1, -0.05) is 36.4 Å². The van der Waals surface area contributed by atoms with E-state index in [0.717, 1.165) is 6.07 Å². The number of amides is 2. The highest BCUT2D eigenvalue weighted by molar-refractivity contribution is 5.76. The number of halogens is 9. The molecule has 3 rings (SSSR count). The lowest BCUT2D eigenvalue weighted by molar-refractivity contribution is -0.253. The molecule has 0 saturated carbocycles. The summed E-state index contributed by atoms with van der Waals surface area (Å²) in [5.74, 6) is -4.03. The first kappa shape index (κ1) is 30.6. The van der Waals surface area contributed by atoms with Crippen molar-refractivity contribution in [1.29, 1.82) is 0 Å². The van der Waals surface area contributed by atoms with Crippen LogP contribution in [-0.4, -0.2) is 24.6 Å². The quantitative estimate of drug-likeness (QED) is 0.260. The van der Waals surface area contributed by atoms with Crippen LogP contribution < -0.4 is 15.4 Å². The molecule has 2 N–H and O–H groups in total. The number of rotatable bonds is 9. The molecule has 0 aliphatic rings. The Labute approximate surface area is 223 Å². The highest BCUT2D eigenvalue weighted by Gasteiger charge is 2.45. The zero-order valence-corrected chi connectivity index (χ0v) is 20.9. The monoisotopic (exact) mass is 578 g/mol. The third kappa shape index (κ3) is 7.19. The third-order valence-electron chi connectivity index (χ3n) is 5.70. The SMILES string of the molecule is CC(C)NC(=O)N[C@@](Cc1ccccc1)(c1cc(F)cc(OC(F)(F)C(F)F)c1)c1ccc(F)c(C(F)(F)F)c1. The number of nitrogens with one attached hydrogen (secondary N) is 2. The number of ether oxygens (including phenoxy) is 1. The Morgan fingerprint density at radius 1 is 0.875 bits per heavy atom. The number of benzene rings is 3. The van der Waals surface area contributed by atoms with Crippen molar-refractivity contribution in [2.24, 2.45) is 0 Å². The second-order valence-corrected chi connectivity index (χ2v) is 9.15. The molecule has 3 aromatic carbocycles. The second-order valence-electron chi connectivity index (χ2n) is 9.15. The summed E-state index contributed by atoms with van der Waals surface area (Å²) >= 11 is 0. The van der Waals surface area contributed by atoms with Crippen molar-refractivity contribution in [2.75, 3.05) is 0 Å². The van der Waals surface area contributed by atoms with Crippen LogP contribution in [0.25, 0.3) is 0 Å². The van der Waals surface area contributed by atoms with Crippen LogP contribution in [0.5, 0.6) is 5.75 Å². The van der Waals surface area contributed by atoms with Gasteiger partial charge in [-0.25, -0.2) is 13.6 Å². The molecule has 0 bridgehead atoms. The molecule has 3 aromatic rings. The van der Waals surface area contributed by atoms with E-state index >= 15 is 0 Å². The fourth-order valence-electron chi connectivity index (χ4n) is 4.03. The minimum atomic E-state index is -5.19. The summed E-state index contributed by atoms with van der Waals surface area (Å²) in [5, 5.41) is 4.95. The first-order chi connectivity index (χ1) is 18.5. The molecule has 0 saturated heterocycles. The van der Waals surface area contributed by atoms with Crippen molar-refractivity contribution < 1.29 is 49.0 Å². The molecule has 0 aliphatic carbocycles. The summed E-state index contributed by atoms with van der Waals surface area (Å²) in [6.07, 6.45) is -14.9. The summed E-state index contributed by atoms with van der Waals surface area (Å²) in [4.78, 5) is 13.0. The topological polar surface area (TPSA) is 50.4 Å². The predicted molar refractivity (Wildman–Crippen MR) is 127 cm³/mol. The van der Waals surface area contributed by atoms with Crippen molar-refractivity contribution in [3.63, 3.8) is 0 Å². The maximum atomic E-state index is 14.8. The summed E-state index contributed by atoms with van der Waals surface area (Å²) in [6.45, 7) is 3.14. The van der Waals surface area contributed by atoms with Crippen LogP contribution in [0.15, 0.2) is 66.7 Å². The molecule has 0 fully saturated rings. The average Bonchev–Trinajstić information content (AvgIpc) is 2.82. The van der Waals surface area contributed by atoms with Crippen molar-refractivity contribution in [1.82, 2.24) is 10.6 Å². The van der Waals surface area contributed by atoms with Crippen LogP contribution in [0.1, 0.15) is 36.1 Å². The van der Waals surface area contributed by atoms with Crippen molar-refractivity contribution in [3.8, 4) is 5.75 Å². The number of hydrogen-bond acceptors (Lipinski definition) is 2. The molecule has 40 heavy (non-hydrogen) atoms. The molecule has 0 heterocycles. The maximum absolute atomic E-state index is 14.8. The lowest BCUT2D eigenvalue weighted by Gasteiger charge is -2.37. The highest BCUT2D eigenvalue weighted by Crippen LogP contribution is 2.40. The van der Waals surface area contributed by atoms with Gasteiger partial charge in [0.15, 0.2) is 0 Å². The summed E-state index contributed by atoms with van der Waals surface area (Å²) in [6, 6.07) is 9.87. The molecule has 4 nitrogen and oxygen atoms in total. The molecule has 0 aliphatic heterocycles. The number of urea groups is 1. The molecule has 0 aromatic heterocycles. The molecule has 216 valence electrons. The van der Waals surface area contributed by atoms with Gasteiger partial charge in [-0.3, -0.25) is 0 Å². The van der Waals surface area contributed by atoms with E-state index in [4.69, 9.17) is 0 Å². The minimum absolute atomic E-state index is 0.368. The first-order valence-corrected chi connectivity index (χ1v) is 11.7. The van der Waals surface area contributed by atoms with Gasteiger partial charge < -0.3 is 15.4 Å². The van der Waals surface area contributed by atoms with E-state index in [2.05, 4.69) is 15.4 Å². The Bertz CT molecular complexity index is 1330. The van der Waals surface area contributed by atoms with Gasteiger partial charge in [-0.05, 0) is 54.8 Å². The lowest BCUT2D eigenvalue weighted by atomic mass is 9.77. The zero-order chi connectivity index (χ0) is 29.9. The van der Waals surface area contributed by atoms with Crippen LogP contribution in [0.4, 0.5) is 44.3 Å². The maximum Gasteiger partial charge on any atom is 0.461 e. The molecule has 0 spiro atoms. The molecule has 0 unspecified atom stereocenters. The van der Waals surface area contributed by atoms with Crippen LogP contribution in [0, 0.1) is 11.6 Å². The van der Waals surface area contributed by atoms with E-state index in [1.54, 1.807) is 32.0 Å². The van der Waals surface area contributed by atoms with Gasteiger partial charge in [0.1, 0.15) is 17.4 Å². The smallest absolute Gasteiger partial charge is 0.428 e. The summed E-state index contributed by atoms with van der Waals surface area (Å²) < 4.78 is 127. The summed E-state index contributed by atoms with van der Waals surface area (Å²) in [7, 11) is 0. The normalized spacial score (nSPS) is 13.7. The Balaban J connectivity index is 2.36. The predicted octanol–water partition coefficient (Wildman–Crippen LogP) is 7.41.